The highest BCUT2D eigenvalue weighted by Gasteiger charge is 2.22. The summed E-state index contributed by atoms with van der Waals surface area (Å²) in [5.41, 5.74) is 11.6. The van der Waals surface area contributed by atoms with E-state index >= 15 is 0 Å². The number of likely N-dealkylation sites (tertiary alicyclic amines) is 1. The van der Waals surface area contributed by atoms with E-state index in [2.05, 4.69) is 46.3 Å². The molecule has 0 spiro atoms. The van der Waals surface area contributed by atoms with Crippen LogP contribution in [0.3, 0.4) is 0 Å². The van der Waals surface area contributed by atoms with E-state index in [4.69, 9.17) is 10.7 Å². The van der Waals surface area contributed by atoms with Crippen LogP contribution < -0.4 is 5.73 Å². The monoisotopic (exact) mass is 356 g/mol. The quantitative estimate of drug-likeness (QED) is 0.700. The third kappa shape index (κ3) is 4.23. The van der Waals surface area contributed by atoms with Crippen LogP contribution in [0.25, 0.3) is 0 Å². The number of pyridine rings is 1. The second-order valence-corrected chi connectivity index (χ2v) is 6.92. The van der Waals surface area contributed by atoms with Gasteiger partial charge in [-0.2, -0.15) is 0 Å². The van der Waals surface area contributed by atoms with E-state index in [1.54, 1.807) is 0 Å². The van der Waals surface area contributed by atoms with Crippen molar-refractivity contribution in [2.24, 2.45) is 4.99 Å². The molecular weight excluding hydrogens is 332 g/mol. The fourth-order valence-corrected chi connectivity index (χ4v) is 3.57. The molecule has 0 saturated carbocycles. The molecule has 1 saturated heterocycles. The number of benzene rings is 2. The lowest BCUT2D eigenvalue weighted by Crippen LogP contribution is -2.21. The fourth-order valence-electron chi connectivity index (χ4n) is 3.57. The third-order valence-corrected chi connectivity index (χ3v) is 4.95. The number of anilines is 1. The van der Waals surface area contributed by atoms with Gasteiger partial charge in [0.05, 0.1) is 5.69 Å². The molecule has 2 N–H and O–H groups in total. The Hall–Kier alpha value is -2.98. The zero-order valence-corrected chi connectivity index (χ0v) is 15.3. The number of aliphatic imine (C=N–C) groups is 1. The summed E-state index contributed by atoms with van der Waals surface area (Å²) in [6.45, 7) is 2.76. The van der Waals surface area contributed by atoms with Crippen LogP contribution in [0.15, 0.2) is 84.0 Å². The van der Waals surface area contributed by atoms with Crippen molar-refractivity contribution < 1.29 is 0 Å². The number of nitrogens with two attached hydrogens (primary N) is 1. The van der Waals surface area contributed by atoms with Crippen molar-refractivity contribution in [3.63, 3.8) is 0 Å². The molecule has 0 aliphatic carbocycles. The van der Waals surface area contributed by atoms with Crippen molar-refractivity contribution in [2.75, 3.05) is 18.8 Å². The smallest absolute Gasteiger partial charge is 0.102 e. The lowest BCUT2D eigenvalue weighted by molar-refractivity contribution is 0.336. The largest absolute Gasteiger partial charge is 0.398 e. The zero-order valence-electron chi connectivity index (χ0n) is 15.3. The molecule has 1 aliphatic rings. The molecule has 27 heavy (non-hydrogen) atoms. The van der Waals surface area contributed by atoms with Gasteiger partial charge in [0.1, 0.15) is 6.04 Å². The summed E-state index contributed by atoms with van der Waals surface area (Å²) in [4.78, 5) is 12.0. The van der Waals surface area contributed by atoms with Gasteiger partial charge < -0.3 is 5.73 Å². The maximum atomic E-state index is 6.27. The summed E-state index contributed by atoms with van der Waals surface area (Å²) in [6, 6.07) is 24.5. The second kappa shape index (κ2) is 8.14. The Kier molecular flexibility index (Phi) is 5.26. The van der Waals surface area contributed by atoms with E-state index in [0.717, 1.165) is 43.0 Å². The number of hydrogen-bond donors (Lipinski definition) is 1. The Morgan fingerprint density at radius 3 is 2.52 bits per heavy atom. The first-order valence-electron chi connectivity index (χ1n) is 9.37. The third-order valence-electron chi connectivity index (χ3n) is 4.95. The first-order valence-corrected chi connectivity index (χ1v) is 9.37. The molecule has 0 bridgehead atoms. The predicted octanol–water partition coefficient (Wildman–Crippen LogP) is 4.10. The van der Waals surface area contributed by atoms with Crippen LogP contribution in [-0.2, 0) is 6.54 Å². The van der Waals surface area contributed by atoms with E-state index in [1.165, 1.54) is 11.3 Å². The van der Waals surface area contributed by atoms with Crippen LogP contribution in [0.2, 0.25) is 0 Å². The van der Waals surface area contributed by atoms with Gasteiger partial charge in [-0.1, -0.05) is 54.6 Å². The summed E-state index contributed by atoms with van der Waals surface area (Å²) in [6.07, 6.45) is 2.84. The highest BCUT2D eigenvalue weighted by Crippen LogP contribution is 2.31. The van der Waals surface area contributed by atoms with Crippen LogP contribution >= 0.6 is 0 Å². The number of nitrogen functional groups attached to an aromatic ring is 1. The first-order chi connectivity index (χ1) is 13.3. The number of rotatable bonds is 5. The second-order valence-electron chi connectivity index (χ2n) is 6.92. The molecule has 1 atom stereocenters. The predicted molar refractivity (Wildman–Crippen MR) is 111 cm³/mol. The Balaban J connectivity index is 1.57. The minimum absolute atomic E-state index is 0.0581. The Morgan fingerprint density at radius 2 is 1.74 bits per heavy atom. The molecular formula is C23H24N4. The molecule has 1 unspecified atom stereocenters. The summed E-state index contributed by atoms with van der Waals surface area (Å²) in [5, 5.41) is 0. The topological polar surface area (TPSA) is 54.5 Å². The van der Waals surface area contributed by atoms with Crippen LogP contribution in [0.5, 0.6) is 0 Å². The van der Waals surface area contributed by atoms with Crippen LogP contribution in [0, 0.1) is 0 Å². The average molecular weight is 356 g/mol. The van der Waals surface area contributed by atoms with Gasteiger partial charge in [-0.3, -0.25) is 14.9 Å². The maximum absolute atomic E-state index is 6.27. The van der Waals surface area contributed by atoms with E-state index in [-0.39, 0.29) is 6.04 Å². The highest BCUT2D eigenvalue weighted by atomic mass is 15.2. The van der Waals surface area contributed by atoms with Crippen LogP contribution in [-0.4, -0.2) is 28.7 Å². The lowest BCUT2D eigenvalue weighted by Gasteiger charge is -2.17. The molecule has 0 radical (unpaired) electrons. The van der Waals surface area contributed by atoms with Gasteiger partial charge in [0, 0.05) is 42.8 Å². The summed E-state index contributed by atoms with van der Waals surface area (Å²) in [7, 11) is 0. The molecule has 0 amide bonds. The van der Waals surface area contributed by atoms with Gasteiger partial charge in [-0.25, -0.2) is 0 Å². The van der Waals surface area contributed by atoms with E-state index in [9.17, 15) is 0 Å². The van der Waals surface area contributed by atoms with Crippen molar-refractivity contribution in [1.82, 2.24) is 9.88 Å². The van der Waals surface area contributed by atoms with Crippen molar-refractivity contribution >= 4 is 11.4 Å². The molecule has 2 aromatic carbocycles. The summed E-state index contributed by atoms with van der Waals surface area (Å²) >= 11 is 0. The molecule has 1 aromatic heterocycles. The molecule has 4 heteroatoms. The molecule has 1 aliphatic heterocycles. The van der Waals surface area contributed by atoms with Crippen LogP contribution in [0.1, 0.15) is 29.3 Å². The lowest BCUT2D eigenvalue weighted by atomic mass is 9.97. The Labute approximate surface area is 160 Å². The Bertz CT molecular complexity index is 906. The molecule has 1 fully saturated rings. The SMILES string of the molecule is Nc1ccccc1C(N=C1CCN(Cc2ccccn2)C1)c1ccccc1. The molecule has 136 valence electrons. The summed E-state index contributed by atoms with van der Waals surface area (Å²) in [5.74, 6) is 0. The zero-order chi connectivity index (χ0) is 18.5. The molecule has 2 heterocycles. The van der Waals surface area contributed by atoms with Gasteiger partial charge in [0.2, 0.25) is 0 Å². The number of aromatic nitrogens is 1. The minimum Gasteiger partial charge on any atom is -0.398 e. The average Bonchev–Trinajstić information content (AvgIpc) is 3.15. The summed E-state index contributed by atoms with van der Waals surface area (Å²) < 4.78 is 0. The Morgan fingerprint density at radius 1 is 0.963 bits per heavy atom. The maximum Gasteiger partial charge on any atom is 0.102 e. The fraction of sp³-hybridized carbons (Fsp3) is 0.217. The van der Waals surface area contributed by atoms with E-state index < -0.39 is 0 Å². The van der Waals surface area contributed by atoms with Crippen molar-refractivity contribution in [1.29, 1.82) is 0 Å². The van der Waals surface area contributed by atoms with Crippen molar-refractivity contribution in [2.45, 2.75) is 19.0 Å². The van der Waals surface area contributed by atoms with Crippen molar-refractivity contribution in [3.05, 3.63) is 95.8 Å². The number of hydrogen-bond acceptors (Lipinski definition) is 4. The normalized spacial score (nSPS) is 17.3. The van der Waals surface area contributed by atoms with Crippen LogP contribution in [0.4, 0.5) is 5.69 Å². The number of para-hydroxylation sites is 1. The molecule has 4 nitrogen and oxygen atoms in total. The molecule has 4 rings (SSSR count). The van der Waals surface area contributed by atoms with Gasteiger partial charge in [0.15, 0.2) is 0 Å². The number of nitrogens with zero attached hydrogens (tertiary/aromatic N) is 3. The van der Waals surface area contributed by atoms with E-state index in [1.807, 2.05) is 42.6 Å². The van der Waals surface area contributed by atoms with E-state index in [0.29, 0.717) is 0 Å². The molecule has 3 aromatic rings. The van der Waals surface area contributed by atoms with Gasteiger partial charge in [0.25, 0.3) is 0 Å². The first kappa shape index (κ1) is 17.4. The minimum atomic E-state index is -0.0581. The van der Waals surface area contributed by atoms with Crippen molar-refractivity contribution in [3.8, 4) is 0 Å². The van der Waals surface area contributed by atoms with Gasteiger partial charge in [-0.15, -0.1) is 0 Å². The highest BCUT2D eigenvalue weighted by molar-refractivity contribution is 5.88. The standard InChI is InChI=1S/C23H24N4/c24-22-12-5-4-11-21(22)23(18-8-2-1-3-9-18)26-20-13-15-27(17-20)16-19-10-6-7-14-25-19/h1-12,14,23H,13,15-17,24H2. The van der Waals surface area contributed by atoms with Gasteiger partial charge in [-0.05, 0) is 30.2 Å². The van der Waals surface area contributed by atoms with Gasteiger partial charge >= 0.3 is 0 Å².